The Morgan fingerprint density at radius 1 is 1.41 bits per heavy atom. The number of nitrogens with two attached hydrogens (primary N) is 1. The van der Waals surface area contributed by atoms with Crippen LogP contribution < -0.4 is 10.5 Å². The van der Waals surface area contributed by atoms with Gasteiger partial charge in [0.25, 0.3) is 0 Å². The molecule has 0 bridgehead atoms. The molecule has 0 aliphatic carbocycles. The summed E-state index contributed by atoms with van der Waals surface area (Å²) in [4.78, 5) is 4.29. The van der Waals surface area contributed by atoms with E-state index in [1.54, 1.807) is 11.3 Å². The molecule has 0 saturated heterocycles. The lowest BCUT2D eigenvalue weighted by Gasteiger charge is -2.34. The van der Waals surface area contributed by atoms with Crippen molar-refractivity contribution < 1.29 is 4.74 Å². The van der Waals surface area contributed by atoms with E-state index in [2.05, 4.69) is 11.1 Å². The highest BCUT2D eigenvalue weighted by Gasteiger charge is 2.32. The first kappa shape index (κ1) is 10.7. The van der Waals surface area contributed by atoms with Crippen molar-refractivity contribution in [2.75, 3.05) is 6.61 Å². The van der Waals surface area contributed by atoms with Crippen molar-refractivity contribution in [2.45, 2.75) is 18.4 Å². The number of aromatic nitrogens is 1. The molecular formula is C13H14N2OS. The third-order valence-electron chi connectivity index (χ3n) is 3.02. The molecule has 0 amide bonds. The van der Waals surface area contributed by atoms with Gasteiger partial charge in [-0.05, 0) is 18.1 Å². The molecular weight excluding hydrogens is 232 g/mol. The van der Waals surface area contributed by atoms with Crippen molar-refractivity contribution in [1.29, 1.82) is 0 Å². The number of thiazole rings is 1. The quantitative estimate of drug-likeness (QED) is 0.882. The normalized spacial score (nSPS) is 22.9. The van der Waals surface area contributed by atoms with Gasteiger partial charge >= 0.3 is 0 Å². The highest BCUT2D eigenvalue weighted by Crippen LogP contribution is 2.30. The monoisotopic (exact) mass is 246 g/mol. The van der Waals surface area contributed by atoms with Gasteiger partial charge in [-0.15, -0.1) is 11.3 Å². The first-order valence-corrected chi connectivity index (χ1v) is 6.51. The maximum absolute atomic E-state index is 6.41. The predicted octanol–water partition coefficient (Wildman–Crippen LogP) is 2.02. The number of benzene rings is 1. The Morgan fingerprint density at radius 3 is 3.12 bits per heavy atom. The van der Waals surface area contributed by atoms with Crippen molar-refractivity contribution in [3.05, 3.63) is 46.4 Å². The van der Waals surface area contributed by atoms with E-state index in [0.29, 0.717) is 6.61 Å². The van der Waals surface area contributed by atoms with Gasteiger partial charge in [-0.25, -0.2) is 4.98 Å². The fourth-order valence-corrected chi connectivity index (χ4v) is 2.97. The van der Waals surface area contributed by atoms with Crippen LogP contribution in [-0.2, 0) is 12.8 Å². The largest absolute Gasteiger partial charge is 0.491 e. The second-order valence-electron chi connectivity index (χ2n) is 4.54. The molecule has 1 aromatic heterocycles. The van der Waals surface area contributed by atoms with Crippen molar-refractivity contribution in [1.82, 2.24) is 4.98 Å². The van der Waals surface area contributed by atoms with Gasteiger partial charge in [0, 0.05) is 18.0 Å². The molecule has 1 atom stereocenters. The molecule has 88 valence electrons. The van der Waals surface area contributed by atoms with Crippen LogP contribution >= 0.6 is 11.3 Å². The second-order valence-corrected chi connectivity index (χ2v) is 5.52. The van der Waals surface area contributed by atoms with E-state index in [1.165, 1.54) is 5.56 Å². The van der Waals surface area contributed by atoms with E-state index in [0.717, 1.165) is 23.6 Å². The molecule has 4 heteroatoms. The highest BCUT2D eigenvalue weighted by atomic mass is 32.1. The van der Waals surface area contributed by atoms with Crippen LogP contribution in [0.4, 0.5) is 0 Å². The van der Waals surface area contributed by atoms with Crippen LogP contribution in [0.25, 0.3) is 0 Å². The lowest BCUT2D eigenvalue weighted by Crippen LogP contribution is -2.51. The number of hydrogen-bond donors (Lipinski definition) is 1. The van der Waals surface area contributed by atoms with Crippen LogP contribution in [-0.4, -0.2) is 17.1 Å². The summed E-state index contributed by atoms with van der Waals surface area (Å²) in [5.74, 6) is 0.965. The Morgan fingerprint density at radius 2 is 2.29 bits per heavy atom. The molecule has 2 aromatic rings. The van der Waals surface area contributed by atoms with Gasteiger partial charge in [0.2, 0.25) is 0 Å². The molecule has 0 saturated carbocycles. The molecule has 3 rings (SSSR count). The summed E-state index contributed by atoms with van der Waals surface area (Å²) in [5.41, 5.74) is 7.27. The summed E-state index contributed by atoms with van der Waals surface area (Å²) in [5, 5.41) is 3.06. The Labute approximate surface area is 104 Å². The van der Waals surface area contributed by atoms with Crippen LogP contribution in [0.3, 0.4) is 0 Å². The molecule has 2 heterocycles. The van der Waals surface area contributed by atoms with Gasteiger partial charge < -0.3 is 10.5 Å². The fourth-order valence-electron chi connectivity index (χ4n) is 2.20. The fraction of sp³-hybridized carbons (Fsp3) is 0.308. The van der Waals surface area contributed by atoms with Crippen LogP contribution in [0.1, 0.15) is 10.6 Å². The van der Waals surface area contributed by atoms with Crippen molar-refractivity contribution in [3.8, 4) is 5.75 Å². The Balaban J connectivity index is 1.82. The van der Waals surface area contributed by atoms with Crippen molar-refractivity contribution in [3.63, 3.8) is 0 Å². The molecule has 1 aliphatic heterocycles. The number of hydrogen-bond acceptors (Lipinski definition) is 4. The van der Waals surface area contributed by atoms with Crippen molar-refractivity contribution in [2.24, 2.45) is 5.73 Å². The number of para-hydroxylation sites is 1. The summed E-state index contributed by atoms with van der Waals surface area (Å²) >= 11 is 1.65. The standard InChI is InChI=1S/C13H14N2OS/c14-13(8-12-15-5-6-17-12)7-10-3-1-2-4-11(10)16-9-13/h1-6H,7-9,14H2. The van der Waals surface area contributed by atoms with E-state index in [-0.39, 0.29) is 5.54 Å². The number of rotatable bonds is 2. The number of fused-ring (bicyclic) bond motifs is 1. The molecule has 3 nitrogen and oxygen atoms in total. The zero-order valence-corrected chi connectivity index (χ0v) is 10.2. The first-order valence-electron chi connectivity index (χ1n) is 5.63. The van der Waals surface area contributed by atoms with Gasteiger partial charge in [-0.3, -0.25) is 0 Å². The summed E-state index contributed by atoms with van der Waals surface area (Å²) < 4.78 is 5.74. The average Bonchev–Trinajstić information content (AvgIpc) is 2.81. The van der Waals surface area contributed by atoms with E-state index >= 15 is 0 Å². The zero-order chi connectivity index (χ0) is 11.7. The molecule has 17 heavy (non-hydrogen) atoms. The van der Waals surface area contributed by atoms with Gasteiger partial charge in [-0.1, -0.05) is 18.2 Å². The summed E-state index contributed by atoms with van der Waals surface area (Å²) in [6.45, 7) is 0.559. The van der Waals surface area contributed by atoms with E-state index in [1.807, 2.05) is 29.8 Å². The summed E-state index contributed by atoms with van der Waals surface area (Å²) in [6, 6.07) is 8.09. The Kier molecular flexibility index (Phi) is 2.61. The number of ether oxygens (including phenoxy) is 1. The molecule has 2 N–H and O–H groups in total. The Bertz CT molecular complexity index is 512. The van der Waals surface area contributed by atoms with Crippen molar-refractivity contribution >= 4 is 11.3 Å². The zero-order valence-electron chi connectivity index (χ0n) is 9.43. The SMILES string of the molecule is NC1(Cc2nccs2)COc2ccccc2C1. The van der Waals surface area contributed by atoms with Crippen LogP contribution in [0.2, 0.25) is 0 Å². The molecule has 0 radical (unpaired) electrons. The third-order valence-corrected chi connectivity index (χ3v) is 3.80. The minimum atomic E-state index is -0.327. The smallest absolute Gasteiger partial charge is 0.122 e. The van der Waals surface area contributed by atoms with E-state index < -0.39 is 0 Å². The summed E-state index contributed by atoms with van der Waals surface area (Å²) in [7, 11) is 0. The van der Waals surface area contributed by atoms with Crippen LogP contribution in [0, 0.1) is 0 Å². The minimum absolute atomic E-state index is 0.327. The van der Waals surface area contributed by atoms with Crippen LogP contribution in [0.5, 0.6) is 5.75 Å². The topological polar surface area (TPSA) is 48.1 Å². The molecule has 1 aromatic carbocycles. The molecule has 0 spiro atoms. The van der Waals surface area contributed by atoms with E-state index in [9.17, 15) is 0 Å². The molecule has 0 fully saturated rings. The second kappa shape index (κ2) is 4.13. The van der Waals surface area contributed by atoms with Gasteiger partial charge in [0.15, 0.2) is 0 Å². The average molecular weight is 246 g/mol. The Hall–Kier alpha value is -1.39. The van der Waals surface area contributed by atoms with E-state index in [4.69, 9.17) is 10.5 Å². The van der Waals surface area contributed by atoms with Gasteiger partial charge in [-0.2, -0.15) is 0 Å². The lowest BCUT2D eigenvalue weighted by molar-refractivity contribution is 0.190. The maximum Gasteiger partial charge on any atom is 0.122 e. The third kappa shape index (κ3) is 2.18. The predicted molar refractivity (Wildman–Crippen MR) is 68.4 cm³/mol. The van der Waals surface area contributed by atoms with Gasteiger partial charge in [0.1, 0.15) is 12.4 Å². The van der Waals surface area contributed by atoms with Crippen LogP contribution in [0.15, 0.2) is 35.8 Å². The number of nitrogens with zero attached hydrogens (tertiary/aromatic N) is 1. The maximum atomic E-state index is 6.41. The summed E-state index contributed by atoms with van der Waals surface area (Å²) in [6.07, 6.45) is 3.45. The molecule has 1 aliphatic rings. The minimum Gasteiger partial charge on any atom is -0.491 e. The first-order chi connectivity index (χ1) is 8.25. The lowest BCUT2D eigenvalue weighted by atomic mass is 9.87. The highest BCUT2D eigenvalue weighted by molar-refractivity contribution is 7.09. The molecule has 1 unspecified atom stereocenters. The van der Waals surface area contributed by atoms with Gasteiger partial charge in [0.05, 0.1) is 10.5 Å².